The molecule has 0 saturated carbocycles. The van der Waals surface area contributed by atoms with Crippen molar-refractivity contribution in [1.82, 2.24) is 0 Å². The summed E-state index contributed by atoms with van der Waals surface area (Å²) in [6, 6.07) is 7.38. The molecule has 1 aromatic carbocycles. The normalized spacial score (nSPS) is 9.86. The lowest BCUT2D eigenvalue weighted by Gasteiger charge is -2.04. The van der Waals surface area contributed by atoms with Crippen LogP contribution < -0.4 is 5.32 Å². The molecule has 0 saturated heterocycles. The Balaban J connectivity index is 2.09. The van der Waals surface area contributed by atoms with Gasteiger partial charge in [-0.2, -0.15) is 0 Å². The molecule has 0 atom stereocenters. The number of carbonyl (C=O) groups excluding carboxylic acids is 1. The molecule has 108 valence electrons. The van der Waals surface area contributed by atoms with Crippen LogP contribution in [0.5, 0.6) is 0 Å². The van der Waals surface area contributed by atoms with E-state index in [0.29, 0.717) is 16.2 Å². The number of thiophene rings is 1. The largest absolute Gasteiger partial charge is 0.395 e. The smallest absolute Gasteiger partial charge is 0.265 e. The molecule has 2 aromatic rings. The van der Waals surface area contributed by atoms with Crippen molar-refractivity contribution in [1.29, 1.82) is 0 Å². The van der Waals surface area contributed by atoms with Gasteiger partial charge in [0.25, 0.3) is 5.91 Å². The summed E-state index contributed by atoms with van der Waals surface area (Å²) in [5.41, 5.74) is 0.0747. The van der Waals surface area contributed by atoms with Crippen LogP contribution in [0.3, 0.4) is 0 Å². The quantitative estimate of drug-likeness (QED) is 0.849. The Morgan fingerprint density at radius 1 is 1.38 bits per heavy atom. The number of carbonyl (C=O) groups is 1. The van der Waals surface area contributed by atoms with Crippen molar-refractivity contribution < 1.29 is 14.3 Å². The Labute approximate surface area is 130 Å². The predicted molar refractivity (Wildman–Crippen MR) is 82.3 cm³/mol. The number of anilines is 1. The van der Waals surface area contributed by atoms with E-state index in [9.17, 15) is 9.18 Å². The number of aliphatic hydroxyl groups excluding tert-OH is 1. The molecule has 0 aliphatic heterocycles. The topological polar surface area (TPSA) is 49.3 Å². The van der Waals surface area contributed by atoms with Crippen LogP contribution in [0.2, 0.25) is 5.02 Å². The third kappa shape index (κ3) is 4.30. The van der Waals surface area contributed by atoms with Crippen molar-refractivity contribution in [3.05, 3.63) is 50.9 Å². The van der Waals surface area contributed by atoms with E-state index in [4.69, 9.17) is 16.7 Å². The van der Waals surface area contributed by atoms with Crippen molar-refractivity contribution >= 4 is 34.5 Å². The van der Waals surface area contributed by atoms with Gasteiger partial charge < -0.3 is 10.4 Å². The molecule has 6 heteroatoms. The number of aliphatic hydroxyl groups is 1. The number of amides is 1. The summed E-state index contributed by atoms with van der Waals surface area (Å²) in [6.45, 7) is 0.00155. The molecule has 1 aromatic heterocycles. The summed E-state index contributed by atoms with van der Waals surface area (Å²) in [5, 5.41) is 11.4. The highest BCUT2D eigenvalue weighted by Crippen LogP contribution is 2.21. The molecule has 2 rings (SSSR count). The Morgan fingerprint density at radius 3 is 2.90 bits per heavy atom. The van der Waals surface area contributed by atoms with Crippen molar-refractivity contribution in [2.24, 2.45) is 0 Å². The molecule has 0 aliphatic rings. The van der Waals surface area contributed by atoms with Crippen molar-refractivity contribution in [2.45, 2.75) is 6.42 Å². The molecule has 1 amide bonds. The molecule has 2 N–H and O–H groups in total. The molecular weight excluding hydrogens is 313 g/mol. The van der Waals surface area contributed by atoms with E-state index in [-0.39, 0.29) is 17.3 Å². The Kier molecular flexibility index (Phi) is 5.34. The summed E-state index contributed by atoms with van der Waals surface area (Å²) in [4.78, 5) is 13.1. The summed E-state index contributed by atoms with van der Waals surface area (Å²) in [6.07, 6.45) is 0.384. The number of nitrogens with one attached hydrogen (secondary N) is 1. The predicted octanol–water partition coefficient (Wildman–Crippen LogP) is 3.53. The van der Waals surface area contributed by atoms with Gasteiger partial charge in [0.2, 0.25) is 0 Å². The molecule has 0 spiro atoms. The van der Waals surface area contributed by atoms with E-state index >= 15 is 0 Å². The minimum absolute atomic E-state index is 0.00155. The fourth-order valence-corrected chi connectivity index (χ4v) is 2.44. The number of rotatable bonds is 3. The van der Waals surface area contributed by atoms with Crippen LogP contribution >= 0.6 is 22.9 Å². The molecule has 21 heavy (non-hydrogen) atoms. The van der Waals surface area contributed by atoms with Gasteiger partial charge in [-0.25, -0.2) is 4.39 Å². The Bertz CT molecular complexity index is 718. The van der Waals surface area contributed by atoms with Gasteiger partial charge in [0, 0.05) is 11.4 Å². The first-order valence-electron chi connectivity index (χ1n) is 6.06. The highest BCUT2D eigenvalue weighted by Gasteiger charge is 2.11. The second kappa shape index (κ2) is 7.23. The fraction of sp³-hybridized carbons (Fsp3) is 0.133. The van der Waals surface area contributed by atoms with Gasteiger partial charge in [-0.1, -0.05) is 23.4 Å². The summed E-state index contributed by atoms with van der Waals surface area (Å²) in [7, 11) is 0. The van der Waals surface area contributed by atoms with Crippen LogP contribution in [-0.2, 0) is 0 Å². The molecule has 0 radical (unpaired) electrons. The molecule has 0 aliphatic carbocycles. The van der Waals surface area contributed by atoms with E-state index in [1.807, 2.05) is 0 Å². The number of halogens is 2. The fourth-order valence-electron chi connectivity index (χ4n) is 1.51. The van der Waals surface area contributed by atoms with Crippen molar-refractivity contribution in [2.75, 3.05) is 11.9 Å². The Hall–Kier alpha value is -1.87. The van der Waals surface area contributed by atoms with Crippen LogP contribution in [0.4, 0.5) is 10.1 Å². The van der Waals surface area contributed by atoms with Gasteiger partial charge in [-0.15, -0.1) is 11.3 Å². The van der Waals surface area contributed by atoms with Crippen LogP contribution in [0.25, 0.3) is 0 Å². The van der Waals surface area contributed by atoms with Gasteiger partial charge in [0.15, 0.2) is 0 Å². The lowest BCUT2D eigenvalue weighted by atomic mass is 10.3. The molecule has 0 bridgehead atoms. The monoisotopic (exact) mass is 323 g/mol. The third-order valence-electron chi connectivity index (χ3n) is 2.46. The molecule has 3 nitrogen and oxygen atoms in total. The SMILES string of the molecule is O=C(Nc1ccc(Cl)cc1F)c1ccc(C#CCCO)s1. The second-order valence-electron chi connectivity index (χ2n) is 4.02. The number of hydrogen-bond donors (Lipinski definition) is 2. The van der Waals surface area contributed by atoms with Crippen molar-refractivity contribution in [3.63, 3.8) is 0 Å². The van der Waals surface area contributed by atoms with E-state index < -0.39 is 11.7 Å². The van der Waals surface area contributed by atoms with Gasteiger partial charge in [0.05, 0.1) is 22.0 Å². The average molecular weight is 324 g/mol. The highest BCUT2D eigenvalue weighted by atomic mass is 35.5. The summed E-state index contributed by atoms with van der Waals surface area (Å²) < 4.78 is 13.6. The zero-order chi connectivity index (χ0) is 15.2. The van der Waals surface area contributed by atoms with E-state index in [1.165, 1.54) is 23.5 Å². The number of hydrogen-bond acceptors (Lipinski definition) is 3. The zero-order valence-electron chi connectivity index (χ0n) is 10.8. The van der Waals surface area contributed by atoms with Crippen LogP contribution in [-0.4, -0.2) is 17.6 Å². The third-order valence-corrected chi connectivity index (χ3v) is 3.69. The van der Waals surface area contributed by atoms with Gasteiger partial charge in [-0.3, -0.25) is 4.79 Å². The molecule has 0 unspecified atom stereocenters. The summed E-state index contributed by atoms with van der Waals surface area (Å²) >= 11 is 6.85. The lowest BCUT2D eigenvalue weighted by Crippen LogP contribution is -2.11. The van der Waals surface area contributed by atoms with E-state index in [1.54, 1.807) is 12.1 Å². The second-order valence-corrected chi connectivity index (χ2v) is 5.54. The van der Waals surface area contributed by atoms with E-state index in [0.717, 1.165) is 6.07 Å². The molecular formula is C15H11ClFNO2S. The first kappa shape index (κ1) is 15.5. The van der Waals surface area contributed by atoms with Gasteiger partial charge >= 0.3 is 0 Å². The maximum atomic E-state index is 13.6. The number of benzene rings is 1. The van der Waals surface area contributed by atoms with Gasteiger partial charge in [0.1, 0.15) is 5.82 Å². The summed E-state index contributed by atoms with van der Waals surface area (Å²) in [5.74, 6) is 4.62. The van der Waals surface area contributed by atoms with Gasteiger partial charge in [-0.05, 0) is 30.3 Å². The minimum Gasteiger partial charge on any atom is -0.395 e. The van der Waals surface area contributed by atoms with Crippen LogP contribution in [0.1, 0.15) is 21.0 Å². The van der Waals surface area contributed by atoms with Crippen LogP contribution in [0, 0.1) is 17.7 Å². The molecule has 1 heterocycles. The standard InChI is InChI=1S/C15H11ClFNO2S/c16-10-4-6-13(12(17)9-10)18-15(20)14-7-5-11(21-14)3-1-2-8-19/h4-7,9,19H,2,8H2,(H,18,20). The highest BCUT2D eigenvalue weighted by molar-refractivity contribution is 7.14. The average Bonchev–Trinajstić information content (AvgIpc) is 2.91. The first-order chi connectivity index (χ1) is 10.1. The first-order valence-corrected chi connectivity index (χ1v) is 7.25. The minimum atomic E-state index is -0.588. The van der Waals surface area contributed by atoms with Crippen LogP contribution in [0.15, 0.2) is 30.3 Å². The van der Waals surface area contributed by atoms with E-state index in [2.05, 4.69) is 17.2 Å². The zero-order valence-corrected chi connectivity index (χ0v) is 12.4. The Morgan fingerprint density at radius 2 is 2.19 bits per heavy atom. The maximum Gasteiger partial charge on any atom is 0.265 e. The molecule has 0 fully saturated rings. The maximum absolute atomic E-state index is 13.6. The lowest BCUT2D eigenvalue weighted by molar-refractivity contribution is 0.103. The van der Waals surface area contributed by atoms with Crippen molar-refractivity contribution in [3.8, 4) is 11.8 Å².